The Kier molecular flexibility index (Phi) is 3.87. The van der Waals surface area contributed by atoms with Crippen molar-refractivity contribution in [2.24, 2.45) is 0 Å². The molecule has 1 aliphatic heterocycles. The quantitative estimate of drug-likeness (QED) is 0.812. The van der Waals surface area contributed by atoms with Gasteiger partial charge in [0.2, 0.25) is 10.0 Å². The zero-order valence-corrected chi connectivity index (χ0v) is 10.5. The van der Waals surface area contributed by atoms with E-state index in [9.17, 15) is 13.5 Å². The van der Waals surface area contributed by atoms with Crippen LogP contribution < -0.4 is 0 Å². The lowest BCUT2D eigenvalue weighted by Crippen LogP contribution is -2.48. The minimum Gasteiger partial charge on any atom is -0.395 e. The Balaban J connectivity index is 2.13. The molecule has 2 fully saturated rings. The van der Waals surface area contributed by atoms with Crippen LogP contribution in [0.5, 0.6) is 0 Å². The van der Waals surface area contributed by atoms with Crippen LogP contribution in [0.15, 0.2) is 0 Å². The topological polar surface area (TPSA) is 57.6 Å². The summed E-state index contributed by atoms with van der Waals surface area (Å²) in [6.45, 7) is 0.565. The van der Waals surface area contributed by atoms with E-state index in [4.69, 9.17) is 0 Å². The standard InChI is InChI=1S/C11H21NO3S/c13-9-10-5-3-4-8-12(10)16(14,15)11-6-1-2-7-11/h10-11,13H,1-9H2. The van der Waals surface area contributed by atoms with Crippen molar-refractivity contribution in [2.75, 3.05) is 13.2 Å². The molecule has 5 heteroatoms. The minimum absolute atomic E-state index is 0.0358. The van der Waals surface area contributed by atoms with E-state index >= 15 is 0 Å². The number of sulfonamides is 1. The lowest BCUT2D eigenvalue weighted by Gasteiger charge is -2.35. The van der Waals surface area contributed by atoms with Crippen LogP contribution in [0.1, 0.15) is 44.9 Å². The largest absolute Gasteiger partial charge is 0.395 e. The summed E-state index contributed by atoms with van der Waals surface area (Å²) in [5.74, 6) is 0. The van der Waals surface area contributed by atoms with E-state index in [1.807, 2.05) is 0 Å². The van der Waals surface area contributed by atoms with Gasteiger partial charge < -0.3 is 5.11 Å². The molecule has 0 aromatic rings. The highest BCUT2D eigenvalue weighted by Crippen LogP contribution is 2.30. The van der Waals surface area contributed by atoms with Crippen molar-refractivity contribution in [1.29, 1.82) is 0 Å². The predicted molar refractivity (Wildman–Crippen MR) is 62.6 cm³/mol. The number of aliphatic hydroxyl groups is 1. The van der Waals surface area contributed by atoms with Gasteiger partial charge >= 0.3 is 0 Å². The number of nitrogens with zero attached hydrogens (tertiary/aromatic N) is 1. The lowest BCUT2D eigenvalue weighted by molar-refractivity contribution is 0.154. The molecule has 0 aromatic carbocycles. The molecule has 0 radical (unpaired) electrons. The SMILES string of the molecule is O=S(=O)(C1CCCC1)N1CCCCC1CO. The maximum atomic E-state index is 12.4. The Morgan fingerprint density at radius 3 is 2.31 bits per heavy atom. The van der Waals surface area contributed by atoms with E-state index in [0.29, 0.717) is 6.54 Å². The van der Waals surface area contributed by atoms with Gasteiger partial charge in [0, 0.05) is 12.6 Å². The Morgan fingerprint density at radius 1 is 1.06 bits per heavy atom. The van der Waals surface area contributed by atoms with Crippen LogP contribution in [0.2, 0.25) is 0 Å². The molecule has 0 amide bonds. The molecule has 1 saturated heterocycles. The fourth-order valence-electron chi connectivity index (χ4n) is 2.87. The minimum atomic E-state index is -3.15. The number of hydrogen-bond acceptors (Lipinski definition) is 3. The molecular weight excluding hydrogens is 226 g/mol. The molecule has 1 N–H and O–H groups in total. The highest BCUT2D eigenvalue weighted by atomic mass is 32.2. The van der Waals surface area contributed by atoms with Crippen LogP contribution in [0, 0.1) is 0 Å². The molecule has 1 aliphatic carbocycles. The highest BCUT2D eigenvalue weighted by molar-refractivity contribution is 7.89. The van der Waals surface area contributed by atoms with Gasteiger partial charge in [0.25, 0.3) is 0 Å². The van der Waals surface area contributed by atoms with E-state index in [-0.39, 0.29) is 17.9 Å². The second kappa shape index (κ2) is 5.02. The van der Waals surface area contributed by atoms with Gasteiger partial charge in [-0.25, -0.2) is 8.42 Å². The average Bonchev–Trinajstić information content (AvgIpc) is 2.83. The Bertz CT molecular complexity index is 322. The fraction of sp³-hybridized carbons (Fsp3) is 1.00. The van der Waals surface area contributed by atoms with Gasteiger partial charge in [0.1, 0.15) is 0 Å². The summed E-state index contributed by atoms with van der Waals surface area (Å²) in [5.41, 5.74) is 0. The molecule has 4 nitrogen and oxygen atoms in total. The van der Waals surface area contributed by atoms with E-state index in [1.165, 1.54) is 0 Å². The molecule has 1 atom stereocenters. The molecule has 0 bridgehead atoms. The number of aliphatic hydroxyl groups excluding tert-OH is 1. The van der Waals surface area contributed by atoms with Crippen molar-refractivity contribution in [2.45, 2.75) is 56.2 Å². The average molecular weight is 247 g/mol. The van der Waals surface area contributed by atoms with Gasteiger partial charge in [-0.2, -0.15) is 4.31 Å². The molecule has 16 heavy (non-hydrogen) atoms. The van der Waals surface area contributed by atoms with Crippen molar-refractivity contribution in [1.82, 2.24) is 4.31 Å². The summed E-state index contributed by atoms with van der Waals surface area (Å²) in [6.07, 6.45) is 6.43. The molecule has 1 unspecified atom stereocenters. The van der Waals surface area contributed by atoms with E-state index in [1.54, 1.807) is 4.31 Å². The Morgan fingerprint density at radius 2 is 1.69 bits per heavy atom. The molecule has 2 aliphatic rings. The van der Waals surface area contributed by atoms with Crippen LogP contribution in [0.25, 0.3) is 0 Å². The smallest absolute Gasteiger partial charge is 0.217 e. The summed E-state index contributed by atoms with van der Waals surface area (Å²) in [4.78, 5) is 0. The third-order valence-corrected chi connectivity index (χ3v) is 6.28. The Hall–Kier alpha value is -0.130. The van der Waals surface area contributed by atoms with E-state index < -0.39 is 10.0 Å². The second-order valence-corrected chi connectivity index (χ2v) is 7.06. The van der Waals surface area contributed by atoms with E-state index in [2.05, 4.69) is 0 Å². The lowest BCUT2D eigenvalue weighted by atomic mass is 10.1. The second-order valence-electron chi connectivity index (χ2n) is 4.89. The van der Waals surface area contributed by atoms with Crippen molar-refractivity contribution >= 4 is 10.0 Å². The molecular formula is C11H21NO3S. The third kappa shape index (κ3) is 2.26. The van der Waals surface area contributed by atoms with Crippen LogP contribution >= 0.6 is 0 Å². The highest BCUT2D eigenvalue weighted by Gasteiger charge is 2.38. The van der Waals surface area contributed by atoms with Crippen molar-refractivity contribution in [3.8, 4) is 0 Å². The van der Waals surface area contributed by atoms with Crippen LogP contribution in [0.3, 0.4) is 0 Å². The summed E-state index contributed by atoms with van der Waals surface area (Å²) < 4.78 is 26.3. The van der Waals surface area contributed by atoms with Gasteiger partial charge in [0.05, 0.1) is 11.9 Å². The first-order valence-corrected chi connectivity index (χ1v) is 7.78. The summed E-state index contributed by atoms with van der Waals surface area (Å²) in [7, 11) is -3.15. The van der Waals surface area contributed by atoms with Gasteiger partial charge in [-0.1, -0.05) is 19.3 Å². The fourth-order valence-corrected chi connectivity index (χ4v) is 5.15. The zero-order chi connectivity index (χ0) is 11.6. The third-order valence-electron chi connectivity index (χ3n) is 3.83. The van der Waals surface area contributed by atoms with Gasteiger partial charge in [-0.05, 0) is 25.7 Å². The van der Waals surface area contributed by atoms with Crippen LogP contribution in [-0.2, 0) is 10.0 Å². The van der Waals surface area contributed by atoms with Crippen LogP contribution in [0.4, 0.5) is 0 Å². The predicted octanol–water partition coefficient (Wildman–Crippen LogP) is 1.11. The molecule has 0 spiro atoms. The van der Waals surface area contributed by atoms with Gasteiger partial charge in [-0.3, -0.25) is 0 Å². The number of hydrogen-bond donors (Lipinski definition) is 1. The maximum absolute atomic E-state index is 12.4. The van der Waals surface area contributed by atoms with Crippen molar-refractivity contribution in [3.63, 3.8) is 0 Å². The van der Waals surface area contributed by atoms with Crippen molar-refractivity contribution < 1.29 is 13.5 Å². The Labute approximate surface area is 97.7 Å². The molecule has 2 rings (SSSR count). The van der Waals surface area contributed by atoms with E-state index in [0.717, 1.165) is 44.9 Å². The summed E-state index contributed by atoms with van der Waals surface area (Å²) in [6, 6.07) is -0.167. The first-order chi connectivity index (χ1) is 7.66. The van der Waals surface area contributed by atoms with Crippen molar-refractivity contribution in [3.05, 3.63) is 0 Å². The molecule has 94 valence electrons. The van der Waals surface area contributed by atoms with Gasteiger partial charge in [-0.15, -0.1) is 0 Å². The first kappa shape index (κ1) is 12.3. The normalized spacial score (nSPS) is 29.7. The number of rotatable bonds is 3. The summed E-state index contributed by atoms with van der Waals surface area (Å²) >= 11 is 0. The molecule has 1 saturated carbocycles. The van der Waals surface area contributed by atoms with Crippen LogP contribution in [-0.4, -0.2) is 42.3 Å². The monoisotopic (exact) mass is 247 g/mol. The first-order valence-electron chi connectivity index (χ1n) is 6.28. The zero-order valence-electron chi connectivity index (χ0n) is 9.64. The summed E-state index contributed by atoms with van der Waals surface area (Å²) in [5, 5.41) is 9.08. The maximum Gasteiger partial charge on any atom is 0.217 e. The van der Waals surface area contributed by atoms with Gasteiger partial charge in [0.15, 0.2) is 0 Å². The number of piperidine rings is 1. The molecule has 1 heterocycles. The molecule has 0 aromatic heterocycles.